The van der Waals surface area contributed by atoms with Crippen molar-refractivity contribution in [1.82, 2.24) is 10.2 Å². The van der Waals surface area contributed by atoms with Crippen LogP contribution in [0.1, 0.15) is 35.6 Å². The second-order valence-electron chi connectivity index (χ2n) is 8.07. The second kappa shape index (κ2) is 9.84. The summed E-state index contributed by atoms with van der Waals surface area (Å²) in [5, 5.41) is 2.90. The average molecular weight is 421 g/mol. The molecule has 2 atom stereocenters. The quantitative estimate of drug-likeness (QED) is 0.592. The Balaban J connectivity index is 1.46. The van der Waals surface area contributed by atoms with Crippen molar-refractivity contribution in [2.75, 3.05) is 6.54 Å². The van der Waals surface area contributed by atoms with E-state index < -0.39 is 0 Å². The van der Waals surface area contributed by atoms with E-state index >= 15 is 0 Å². The Morgan fingerprint density at radius 2 is 1.61 bits per heavy atom. The number of carbonyl (C=O) groups is 1. The maximum Gasteiger partial charge on any atom is 0.224 e. The molecular formula is C26H26F2N2O. The summed E-state index contributed by atoms with van der Waals surface area (Å²) in [6.07, 6.45) is 1.62. The van der Waals surface area contributed by atoms with Crippen molar-refractivity contribution in [3.05, 3.63) is 107 Å². The van der Waals surface area contributed by atoms with Gasteiger partial charge in [-0.05, 0) is 42.2 Å². The van der Waals surface area contributed by atoms with Gasteiger partial charge in [0.2, 0.25) is 5.91 Å². The van der Waals surface area contributed by atoms with E-state index in [1.54, 1.807) is 30.3 Å². The lowest BCUT2D eigenvalue weighted by molar-refractivity contribution is -0.127. The van der Waals surface area contributed by atoms with E-state index in [4.69, 9.17) is 0 Å². The van der Waals surface area contributed by atoms with Crippen LogP contribution in [0.3, 0.4) is 0 Å². The third-order valence-electron chi connectivity index (χ3n) is 5.95. The number of hydrogen-bond donors (Lipinski definition) is 1. The van der Waals surface area contributed by atoms with Crippen molar-refractivity contribution in [3.63, 3.8) is 0 Å². The topological polar surface area (TPSA) is 32.3 Å². The van der Waals surface area contributed by atoms with Gasteiger partial charge in [-0.25, -0.2) is 8.78 Å². The zero-order valence-corrected chi connectivity index (χ0v) is 17.3. The number of nitrogens with one attached hydrogen (secondary N) is 1. The Kier molecular flexibility index (Phi) is 6.73. The lowest BCUT2D eigenvalue weighted by Gasteiger charge is -2.39. The Morgan fingerprint density at radius 1 is 0.903 bits per heavy atom. The van der Waals surface area contributed by atoms with Crippen LogP contribution >= 0.6 is 0 Å². The van der Waals surface area contributed by atoms with Crippen LogP contribution in [-0.4, -0.2) is 17.4 Å². The smallest absolute Gasteiger partial charge is 0.224 e. The number of likely N-dealkylation sites (tertiary alicyclic amines) is 1. The molecule has 1 amide bonds. The molecule has 1 aliphatic heterocycles. The predicted molar refractivity (Wildman–Crippen MR) is 117 cm³/mol. The fourth-order valence-corrected chi connectivity index (χ4v) is 4.28. The van der Waals surface area contributed by atoms with Gasteiger partial charge in [0.15, 0.2) is 0 Å². The fourth-order valence-electron chi connectivity index (χ4n) is 4.28. The summed E-state index contributed by atoms with van der Waals surface area (Å²) in [6.45, 7) is 1.42. The van der Waals surface area contributed by atoms with E-state index in [1.807, 2.05) is 18.2 Å². The molecule has 3 aromatic carbocycles. The van der Waals surface area contributed by atoms with Crippen LogP contribution in [0.15, 0.2) is 78.9 Å². The minimum atomic E-state index is -0.312. The van der Waals surface area contributed by atoms with Gasteiger partial charge in [0.25, 0.3) is 0 Å². The molecule has 0 unspecified atom stereocenters. The van der Waals surface area contributed by atoms with Gasteiger partial charge in [0.05, 0.1) is 5.92 Å². The highest BCUT2D eigenvalue weighted by molar-refractivity contribution is 5.79. The first-order chi connectivity index (χ1) is 15.1. The van der Waals surface area contributed by atoms with Crippen LogP contribution in [-0.2, 0) is 17.9 Å². The van der Waals surface area contributed by atoms with Crippen LogP contribution in [0.2, 0.25) is 0 Å². The highest BCUT2D eigenvalue weighted by Gasteiger charge is 2.32. The van der Waals surface area contributed by atoms with Gasteiger partial charge in [0, 0.05) is 31.2 Å². The lowest BCUT2D eigenvalue weighted by atomic mass is 9.88. The molecule has 1 N–H and O–H groups in total. The molecule has 0 saturated carbocycles. The zero-order valence-electron chi connectivity index (χ0n) is 17.3. The highest BCUT2D eigenvalue weighted by atomic mass is 19.1. The van der Waals surface area contributed by atoms with Crippen LogP contribution in [0.25, 0.3) is 0 Å². The molecule has 0 radical (unpaired) electrons. The number of benzene rings is 3. The molecule has 1 aliphatic rings. The van der Waals surface area contributed by atoms with Gasteiger partial charge in [-0.1, -0.05) is 60.7 Å². The molecule has 3 aromatic rings. The number of rotatable bonds is 6. The van der Waals surface area contributed by atoms with Crippen molar-refractivity contribution in [1.29, 1.82) is 0 Å². The molecule has 0 bridgehead atoms. The Hall–Kier alpha value is -3.05. The maximum atomic E-state index is 13.9. The van der Waals surface area contributed by atoms with Gasteiger partial charge in [0.1, 0.15) is 11.6 Å². The van der Waals surface area contributed by atoms with Gasteiger partial charge in [-0.2, -0.15) is 0 Å². The number of hydrogen-bond acceptors (Lipinski definition) is 2. The zero-order chi connectivity index (χ0) is 21.6. The first-order valence-electron chi connectivity index (χ1n) is 10.6. The van der Waals surface area contributed by atoms with E-state index in [-0.39, 0.29) is 36.0 Å². The van der Waals surface area contributed by atoms with E-state index in [0.717, 1.165) is 18.4 Å². The average Bonchev–Trinajstić information content (AvgIpc) is 2.80. The molecule has 0 spiro atoms. The van der Waals surface area contributed by atoms with E-state index in [2.05, 4.69) is 22.3 Å². The molecule has 0 aromatic heterocycles. The summed E-state index contributed by atoms with van der Waals surface area (Å²) in [4.78, 5) is 15.1. The summed E-state index contributed by atoms with van der Waals surface area (Å²) in [5.74, 6) is -0.799. The van der Waals surface area contributed by atoms with Crippen molar-refractivity contribution in [2.24, 2.45) is 5.92 Å². The second-order valence-corrected chi connectivity index (χ2v) is 8.07. The number of amides is 1. The van der Waals surface area contributed by atoms with Crippen LogP contribution < -0.4 is 5.32 Å². The minimum Gasteiger partial charge on any atom is -0.352 e. The Morgan fingerprint density at radius 3 is 2.35 bits per heavy atom. The van der Waals surface area contributed by atoms with Crippen molar-refractivity contribution in [2.45, 2.75) is 32.0 Å². The van der Waals surface area contributed by atoms with Crippen LogP contribution in [0, 0.1) is 17.6 Å². The number of nitrogens with zero attached hydrogens (tertiary/aromatic N) is 1. The standard InChI is InChI=1S/C26H26F2N2O/c27-23-13-10-19(11-14-23)17-30-18-22(12-15-25(30)20-6-2-1-3-7-20)26(31)29-16-21-8-4-5-9-24(21)28/h1-11,13-14,22,25H,12,15-18H2,(H,29,31)/t22-,25+/m0/s1. The van der Waals surface area contributed by atoms with Gasteiger partial charge in [-0.15, -0.1) is 0 Å². The first kappa shape index (κ1) is 21.2. The van der Waals surface area contributed by atoms with Crippen LogP contribution in [0.5, 0.6) is 0 Å². The molecule has 1 heterocycles. The summed E-state index contributed by atoms with van der Waals surface area (Å²) in [6, 6.07) is 23.5. The molecule has 1 saturated heterocycles. The largest absolute Gasteiger partial charge is 0.352 e. The van der Waals surface area contributed by atoms with Gasteiger partial charge in [-0.3, -0.25) is 9.69 Å². The molecule has 4 rings (SSSR count). The molecule has 1 fully saturated rings. The van der Waals surface area contributed by atoms with Crippen molar-refractivity contribution < 1.29 is 13.6 Å². The fraction of sp³-hybridized carbons (Fsp3) is 0.269. The Bertz CT molecular complexity index is 1010. The summed E-state index contributed by atoms with van der Waals surface area (Å²) in [7, 11) is 0. The number of piperidine rings is 1. The highest BCUT2D eigenvalue weighted by Crippen LogP contribution is 2.34. The van der Waals surface area contributed by atoms with E-state index in [0.29, 0.717) is 18.7 Å². The number of carbonyl (C=O) groups excluding carboxylic acids is 1. The molecule has 31 heavy (non-hydrogen) atoms. The molecule has 160 valence electrons. The Labute approximate surface area is 181 Å². The molecule has 3 nitrogen and oxygen atoms in total. The lowest BCUT2D eigenvalue weighted by Crippen LogP contribution is -2.44. The van der Waals surface area contributed by atoms with E-state index in [1.165, 1.54) is 23.8 Å². The first-order valence-corrected chi connectivity index (χ1v) is 10.6. The van der Waals surface area contributed by atoms with Crippen LogP contribution in [0.4, 0.5) is 8.78 Å². The van der Waals surface area contributed by atoms with Gasteiger partial charge >= 0.3 is 0 Å². The monoisotopic (exact) mass is 420 g/mol. The van der Waals surface area contributed by atoms with Crippen molar-refractivity contribution >= 4 is 5.91 Å². The number of halogens is 2. The van der Waals surface area contributed by atoms with E-state index in [9.17, 15) is 13.6 Å². The SMILES string of the molecule is O=C(NCc1ccccc1F)[C@H]1CC[C@H](c2ccccc2)N(Cc2ccc(F)cc2)C1. The predicted octanol–water partition coefficient (Wildman–Crippen LogP) is 5.23. The summed E-state index contributed by atoms with van der Waals surface area (Å²) < 4.78 is 27.2. The molecule has 0 aliphatic carbocycles. The van der Waals surface area contributed by atoms with Crippen molar-refractivity contribution in [3.8, 4) is 0 Å². The summed E-state index contributed by atoms with van der Waals surface area (Å²) >= 11 is 0. The normalized spacial score (nSPS) is 19.2. The third kappa shape index (κ3) is 5.36. The maximum absolute atomic E-state index is 13.9. The van der Waals surface area contributed by atoms with Gasteiger partial charge < -0.3 is 5.32 Å². The minimum absolute atomic E-state index is 0.0566. The molecular weight excluding hydrogens is 394 g/mol. The summed E-state index contributed by atoms with van der Waals surface area (Å²) in [5.41, 5.74) is 2.71. The third-order valence-corrected chi connectivity index (χ3v) is 5.95. The molecule has 5 heteroatoms.